The van der Waals surface area contributed by atoms with E-state index in [1.54, 1.807) is 19.2 Å². The number of amides is 1. The summed E-state index contributed by atoms with van der Waals surface area (Å²) in [7, 11) is 3.53. The van der Waals surface area contributed by atoms with E-state index in [1.165, 1.54) is 12.1 Å². The van der Waals surface area contributed by atoms with Crippen LogP contribution in [0.2, 0.25) is 0 Å². The van der Waals surface area contributed by atoms with E-state index in [0.29, 0.717) is 13.1 Å². The van der Waals surface area contributed by atoms with Gasteiger partial charge in [0.25, 0.3) is 5.91 Å². The van der Waals surface area contributed by atoms with Gasteiger partial charge in [0.2, 0.25) is 0 Å². The molecule has 0 aliphatic rings. The van der Waals surface area contributed by atoms with E-state index < -0.39 is 6.61 Å². The van der Waals surface area contributed by atoms with Gasteiger partial charge in [-0.05, 0) is 48.9 Å². The highest BCUT2D eigenvalue weighted by molar-refractivity contribution is 5.79. The van der Waals surface area contributed by atoms with Crippen LogP contribution in [0.15, 0.2) is 48.5 Å². The van der Waals surface area contributed by atoms with Crippen LogP contribution < -0.4 is 19.7 Å². The number of hydrogen-bond acceptors (Lipinski definition) is 3. The zero-order chi connectivity index (χ0) is 19.8. The zero-order valence-corrected chi connectivity index (χ0v) is 15.7. The van der Waals surface area contributed by atoms with E-state index in [2.05, 4.69) is 10.1 Å². The van der Waals surface area contributed by atoms with E-state index in [0.717, 1.165) is 21.8 Å². The average molecular weight is 379 g/mol. The van der Waals surface area contributed by atoms with Gasteiger partial charge in [-0.3, -0.25) is 4.79 Å². The quantitative estimate of drug-likeness (QED) is 0.701. The number of hydrogen-bond donors (Lipinski definition) is 2. The van der Waals surface area contributed by atoms with Gasteiger partial charge in [0, 0.05) is 12.1 Å². The fourth-order valence-electron chi connectivity index (χ4n) is 2.57. The Morgan fingerprint density at radius 1 is 1.04 bits per heavy atom. The molecular weight excluding hydrogens is 354 g/mol. The summed E-state index contributed by atoms with van der Waals surface area (Å²) in [6.45, 7) is 0.0534. The molecule has 0 spiro atoms. The molecule has 0 bridgehead atoms. The van der Waals surface area contributed by atoms with Crippen molar-refractivity contribution in [3.8, 4) is 11.5 Å². The minimum absolute atomic E-state index is 0.0547. The topological polar surface area (TPSA) is 52.0 Å². The number of methoxy groups -OCH3 is 1. The number of quaternary nitrogens is 1. The van der Waals surface area contributed by atoms with Crippen molar-refractivity contribution >= 4 is 5.91 Å². The third-order valence-corrected chi connectivity index (χ3v) is 4.39. The molecule has 0 aliphatic heterocycles. The summed E-state index contributed by atoms with van der Waals surface area (Å²) in [5.74, 6) is 0.838. The summed E-state index contributed by atoms with van der Waals surface area (Å²) in [6.07, 6.45) is 0. The Labute approximate surface area is 157 Å². The van der Waals surface area contributed by atoms with Gasteiger partial charge >= 0.3 is 6.61 Å². The van der Waals surface area contributed by atoms with Gasteiger partial charge in [0.05, 0.1) is 14.2 Å². The number of carbonyl (C=O) groups is 1. The number of carbonyl (C=O) groups excluding carboxylic acids is 1. The van der Waals surface area contributed by atoms with Crippen molar-refractivity contribution in [2.75, 3.05) is 14.2 Å². The maximum absolute atomic E-state index is 12.4. The highest BCUT2D eigenvalue weighted by atomic mass is 19.3. The Bertz CT molecular complexity index is 721. The molecule has 2 N–H and O–H groups in total. The van der Waals surface area contributed by atoms with Crippen molar-refractivity contribution in [2.45, 2.75) is 32.7 Å². The lowest BCUT2D eigenvalue weighted by molar-refractivity contribution is -0.908. The van der Waals surface area contributed by atoms with E-state index in [1.807, 2.05) is 38.2 Å². The van der Waals surface area contributed by atoms with Crippen LogP contribution in [0.1, 0.15) is 18.1 Å². The van der Waals surface area contributed by atoms with Crippen molar-refractivity contribution in [1.82, 2.24) is 5.32 Å². The molecule has 2 aromatic carbocycles. The van der Waals surface area contributed by atoms with Gasteiger partial charge in [0.15, 0.2) is 6.04 Å². The van der Waals surface area contributed by atoms with Gasteiger partial charge in [-0.1, -0.05) is 12.1 Å². The van der Waals surface area contributed by atoms with Gasteiger partial charge in [-0.15, -0.1) is 0 Å². The van der Waals surface area contributed by atoms with Crippen molar-refractivity contribution in [1.29, 1.82) is 0 Å². The lowest BCUT2D eigenvalue weighted by atomic mass is 10.1. The summed E-state index contributed by atoms with van der Waals surface area (Å²) >= 11 is 0. The Kier molecular flexibility index (Phi) is 7.55. The predicted octanol–water partition coefficient (Wildman–Crippen LogP) is 2.02. The van der Waals surface area contributed by atoms with Crippen LogP contribution in [0.25, 0.3) is 0 Å². The van der Waals surface area contributed by atoms with Crippen molar-refractivity contribution in [2.24, 2.45) is 0 Å². The molecule has 27 heavy (non-hydrogen) atoms. The monoisotopic (exact) mass is 379 g/mol. The number of benzene rings is 2. The highest BCUT2D eigenvalue weighted by Crippen LogP contribution is 2.14. The number of halogens is 2. The first-order valence-electron chi connectivity index (χ1n) is 8.65. The van der Waals surface area contributed by atoms with Crippen LogP contribution in [-0.4, -0.2) is 32.7 Å². The zero-order valence-electron chi connectivity index (χ0n) is 15.7. The number of ether oxygens (including phenoxy) is 2. The highest BCUT2D eigenvalue weighted by Gasteiger charge is 2.21. The maximum Gasteiger partial charge on any atom is 0.387 e. The molecule has 0 heterocycles. The van der Waals surface area contributed by atoms with Crippen LogP contribution in [0, 0.1) is 0 Å². The Morgan fingerprint density at radius 2 is 1.59 bits per heavy atom. The first kappa shape index (κ1) is 20.6. The van der Waals surface area contributed by atoms with Crippen molar-refractivity contribution in [3.05, 3.63) is 59.7 Å². The molecule has 0 fully saturated rings. The van der Waals surface area contributed by atoms with Crippen molar-refractivity contribution < 1.29 is 27.9 Å². The van der Waals surface area contributed by atoms with E-state index in [-0.39, 0.29) is 17.7 Å². The average Bonchev–Trinajstić information content (AvgIpc) is 2.67. The van der Waals surface area contributed by atoms with Gasteiger partial charge in [-0.25, -0.2) is 0 Å². The van der Waals surface area contributed by atoms with Crippen LogP contribution >= 0.6 is 0 Å². The molecule has 1 unspecified atom stereocenters. The summed E-state index contributed by atoms with van der Waals surface area (Å²) in [5, 5.41) is 2.93. The van der Waals surface area contributed by atoms with Crippen LogP contribution in [0.3, 0.4) is 0 Å². The molecule has 5 nitrogen and oxygen atoms in total. The first-order chi connectivity index (χ1) is 12.9. The first-order valence-corrected chi connectivity index (χ1v) is 8.65. The minimum atomic E-state index is -2.83. The van der Waals surface area contributed by atoms with E-state index >= 15 is 0 Å². The number of rotatable bonds is 9. The molecule has 0 aliphatic carbocycles. The largest absolute Gasteiger partial charge is 0.497 e. The molecule has 2 atom stereocenters. The molecule has 2 rings (SSSR count). The smallest absolute Gasteiger partial charge is 0.387 e. The van der Waals surface area contributed by atoms with Gasteiger partial charge in [-0.2, -0.15) is 8.78 Å². The molecule has 146 valence electrons. The van der Waals surface area contributed by atoms with Crippen molar-refractivity contribution in [3.63, 3.8) is 0 Å². The molecule has 0 saturated heterocycles. The summed E-state index contributed by atoms with van der Waals surface area (Å²) in [4.78, 5) is 13.4. The van der Waals surface area contributed by atoms with Gasteiger partial charge < -0.3 is 19.7 Å². The predicted molar refractivity (Wildman–Crippen MR) is 98.0 cm³/mol. The molecule has 0 aromatic heterocycles. The fraction of sp³-hybridized carbons (Fsp3) is 0.350. The molecule has 1 amide bonds. The lowest BCUT2D eigenvalue weighted by Gasteiger charge is -2.21. The van der Waals surface area contributed by atoms with Crippen LogP contribution in [0.5, 0.6) is 11.5 Å². The second-order valence-corrected chi connectivity index (χ2v) is 6.33. The normalized spacial score (nSPS) is 13.1. The maximum atomic E-state index is 12.4. The Hall–Kier alpha value is -2.67. The number of nitrogens with one attached hydrogen (secondary N) is 2. The molecule has 2 aromatic rings. The Morgan fingerprint density at radius 3 is 2.15 bits per heavy atom. The summed E-state index contributed by atoms with van der Waals surface area (Å²) in [5.41, 5.74) is 1.92. The lowest BCUT2D eigenvalue weighted by Crippen LogP contribution is -3.12. The molecule has 0 saturated carbocycles. The van der Waals surface area contributed by atoms with E-state index in [9.17, 15) is 13.6 Å². The molecular formula is C20H25F2N2O3+. The standard InChI is InChI=1S/C20H24F2N2O3/c1-14(19(25)23-12-15-4-8-17(26-3)9-5-15)24(2)13-16-6-10-18(11-7-16)27-20(21)22/h4-11,14,20H,12-13H2,1-3H3,(H,23,25)/p+1/t14-/m0/s1. The number of alkyl halides is 2. The van der Waals surface area contributed by atoms with E-state index in [4.69, 9.17) is 4.74 Å². The molecule has 0 radical (unpaired) electrons. The summed E-state index contributed by atoms with van der Waals surface area (Å²) < 4.78 is 33.8. The fourth-order valence-corrected chi connectivity index (χ4v) is 2.57. The van der Waals surface area contributed by atoms with Gasteiger partial charge in [0.1, 0.15) is 18.0 Å². The third kappa shape index (κ3) is 6.53. The second kappa shape index (κ2) is 9.87. The minimum Gasteiger partial charge on any atom is -0.497 e. The van der Waals surface area contributed by atoms with Crippen LogP contribution in [0.4, 0.5) is 8.78 Å². The SMILES string of the molecule is COc1ccc(CNC(=O)[C@H](C)[NH+](C)Cc2ccc(OC(F)F)cc2)cc1. The molecule has 7 heteroatoms. The summed E-state index contributed by atoms with van der Waals surface area (Å²) in [6, 6.07) is 13.7. The Balaban J connectivity index is 1.83. The third-order valence-electron chi connectivity index (χ3n) is 4.39. The number of likely N-dealkylation sites (N-methyl/N-ethyl adjacent to an activating group) is 1. The second-order valence-electron chi connectivity index (χ2n) is 6.33. The van der Waals surface area contributed by atoms with Crippen LogP contribution in [-0.2, 0) is 17.9 Å².